The van der Waals surface area contributed by atoms with E-state index in [0.717, 1.165) is 42.7 Å². The maximum absolute atomic E-state index is 13.3. The summed E-state index contributed by atoms with van der Waals surface area (Å²) in [5.41, 5.74) is 4.35. The monoisotopic (exact) mass is 441 g/mol. The fourth-order valence-corrected chi connectivity index (χ4v) is 4.25. The summed E-state index contributed by atoms with van der Waals surface area (Å²) < 4.78 is 0. The summed E-state index contributed by atoms with van der Waals surface area (Å²) >= 11 is 0. The Balaban J connectivity index is 1.49. The molecule has 1 fully saturated rings. The van der Waals surface area contributed by atoms with E-state index in [-0.39, 0.29) is 17.9 Å². The summed E-state index contributed by atoms with van der Waals surface area (Å²) in [6, 6.07) is 25.4. The van der Waals surface area contributed by atoms with Gasteiger partial charge in [-0.1, -0.05) is 60.7 Å². The minimum atomic E-state index is -0.131. The SMILES string of the molecule is CC(NC(=O)c1cc(NC(=O)CCc2ccccc2)ccc1N1CCCC1)c1ccccc1. The van der Waals surface area contributed by atoms with E-state index in [0.29, 0.717) is 24.1 Å². The van der Waals surface area contributed by atoms with E-state index in [1.54, 1.807) is 6.07 Å². The first-order valence-corrected chi connectivity index (χ1v) is 11.7. The number of hydrogen-bond acceptors (Lipinski definition) is 3. The van der Waals surface area contributed by atoms with E-state index in [2.05, 4.69) is 15.5 Å². The Morgan fingerprint density at radius 3 is 2.27 bits per heavy atom. The zero-order valence-electron chi connectivity index (χ0n) is 19.1. The average molecular weight is 442 g/mol. The Morgan fingerprint density at radius 1 is 0.909 bits per heavy atom. The van der Waals surface area contributed by atoms with Gasteiger partial charge in [0.25, 0.3) is 5.91 Å². The fourth-order valence-electron chi connectivity index (χ4n) is 4.25. The highest BCUT2D eigenvalue weighted by molar-refractivity contribution is 6.02. The summed E-state index contributed by atoms with van der Waals surface area (Å²) in [6.07, 6.45) is 3.32. The zero-order valence-corrected chi connectivity index (χ0v) is 19.1. The van der Waals surface area contributed by atoms with Crippen LogP contribution in [0.4, 0.5) is 11.4 Å². The molecular weight excluding hydrogens is 410 g/mol. The van der Waals surface area contributed by atoms with Gasteiger partial charge in [-0.15, -0.1) is 0 Å². The summed E-state index contributed by atoms with van der Waals surface area (Å²) in [5, 5.41) is 6.10. The van der Waals surface area contributed by atoms with Gasteiger partial charge < -0.3 is 15.5 Å². The lowest BCUT2D eigenvalue weighted by Crippen LogP contribution is -2.29. The molecule has 1 saturated heterocycles. The lowest BCUT2D eigenvalue weighted by atomic mass is 10.1. The van der Waals surface area contributed by atoms with Crippen molar-refractivity contribution in [2.45, 2.75) is 38.6 Å². The summed E-state index contributed by atoms with van der Waals surface area (Å²) in [6.45, 7) is 3.87. The molecule has 0 spiro atoms. The molecule has 170 valence electrons. The molecule has 2 amide bonds. The number of nitrogens with zero attached hydrogens (tertiary/aromatic N) is 1. The van der Waals surface area contributed by atoms with Gasteiger partial charge in [0.15, 0.2) is 0 Å². The number of anilines is 2. The maximum atomic E-state index is 13.3. The van der Waals surface area contributed by atoms with Crippen LogP contribution in [0.1, 0.15) is 53.7 Å². The second-order valence-electron chi connectivity index (χ2n) is 8.57. The number of nitrogens with one attached hydrogen (secondary N) is 2. The van der Waals surface area contributed by atoms with Crippen molar-refractivity contribution in [1.29, 1.82) is 0 Å². The van der Waals surface area contributed by atoms with E-state index in [1.807, 2.05) is 79.7 Å². The number of benzene rings is 3. The predicted molar refractivity (Wildman–Crippen MR) is 134 cm³/mol. The van der Waals surface area contributed by atoms with Crippen molar-refractivity contribution >= 4 is 23.2 Å². The molecule has 0 radical (unpaired) electrons. The molecule has 5 nitrogen and oxygen atoms in total. The molecule has 1 aliphatic heterocycles. The minimum Gasteiger partial charge on any atom is -0.371 e. The van der Waals surface area contributed by atoms with Gasteiger partial charge in [-0.25, -0.2) is 0 Å². The molecule has 0 aliphatic carbocycles. The molecule has 0 bridgehead atoms. The topological polar surface area (TPSA) is 61.4 Å². The lowest BCUT2D eigenvalue weighted by molar-refractivity contribution is -0.116. The highest BCUT2D eigenvalue weighted by Gasteiger charge is 2.22. The number of rotatable bonds is 8. The molecule has 0 aromatic heterocycles. The number of carbonyl (C=O) groups is 2. The third-order valence-corrected chi connectivity index (χ3v) is 6.10. The number of carbonyl (C=O) groups excluding carboxylic acids is 2. The van der Waals surface area contributed by atoms with Crippen LogP contribution in [0, 0.1) is 0 Å². The maximum Gasteiger partial charge on any atom is 0.253 e. The van der Waals surface area contributed by atoms with E-state index < -0.39 is 0 Å². The van der Waals surface area contributed by atoms with Gasteiger partial charge in [0, 0.05) is 30.9 Å². The normalized spacial score (nSPS) is 14.0. The molecule has 3 aromatic rings. The van der Waals surface area contributed by atoms with Gasteiger partial charge in [0.1, 0.15) is 0 Å². The minimum absolute atomic E-state index is 0.0585. The Labute approximate surface area is 195 Å². The van der Waals surface area contributed by atoms with E-state index >= 15 is 0 Å². The van der Waals surface area contributed by atoms with Gasteiger partial charge >= 0.3 is 0 Å². The molecule has 4 rings (SSSR count). The largest absolute Gasteiger partial charge is 0.371 e. The molecule has 1 unspecified atom stereocenters. The second kappa shape index (κ2) is 10.8. The van der Waals surface area contributed by atoms with Crippen molar-refractivity contribution in [2.75, 3.05) is 23.3 Å². The van der Waals surface area contributed by atoms with Crippen LogP contribution in [0.5, 0.6) is 0 Å². The van der Waals surface area contributed by atoms with Crippen molar-refractivity contribution in [1.82, 2.24) is 5.32 Å². The lowest BCUT2D eigenvalue weighted by Gasteiger charge is -2.23. The predicted octanol–water partition coefficient (Wildman–Crippen LogP) is 5.35. The highest BCUT2D eigenvalue weighted by Crippen LogP contribution is 2.28. The van der Waals surface area contributed by atoms with E-state index in [9.17, 15) is 9.59 Å². The molecule has 1 atom stereocenters. The molecule has 2 N–H and O–H groups in total. The van der Waals surface area contributed by atoms with Crippen LogP contribution in [-0.4, -0.2) is 24.9 Å². The standard InChI is InChI=1S/C28H31N3O2/c1-21(23-12-6-3-7-13-23)29-28(33)25-20-24(15-16-26(25)31-18-8-9-19-31)30-27(32)17-14-22-10-4-2-5-11-22/h2-7,10-13,15-16,20-21H,8-9,14,17-19H2,1H3,(H,29,33)(H,30,32). The Morgan fingerprint density at radius 2 is 1.58 bits per heavy atom. The van der Waals surface area contributed by atoms with Crippen molar-refractivity contribution < 1.29 is 9.59 Å². The quantitative estimate of drug-likeness (QED) is 0.495. The number of aryl methyl sites for hydroxylation is 1. The van der Waals surface area contributed by atoms with E-state index in [1.165, 1.54) is 0 Å². The highest BCUT2D eigenvalue weighted by atomic mass is 16.2. The zero-order chi connectivity index (χ0) is 23.0. The second-order valence-corrected chi connectivity index (χ2v) is 8.57. The van der Waals surface area contributed by atoms with Gasteiger partial charge in [0.2, 0.25) is 5.91 Å². The first-order chi connectivity index (χ1) is 16.1. The first-order valence-electron chi connectivity index (χ1n) is 11.7. The molecular formula is C28H31N3O2. The number of hydrogen-bond donors (Lipinski definition) is 2. The van der Waals surface area contributed by atoms with Gasteiger partial charge in [-0.05, 0) is 55.5 Å². The van der Waals surface area contributed by atoms with Crippen molar-refractivity contribution in [3.05, 3.63) is 95.6 Å². The van der Waals surface area contributed by atoms with Crippen LogP contribution in [-0.2, 0) is 11.2 Å². The number of amides is 2. The summed E-state index contributed by atoms with van der Waals surface area (Å²) in [4.78, 5) is 28.1. The molecule has 0 saturated carbocycles. The molecule has 5 heteroatoms. The van der Waals surface area contributed by atoms with Gasteiger partial charge in [-0.3, -0.25) is 9.59 Å². The fraction of sp³-hybridized carbons (Fsp3) is 0.286. The Bertz CT molecular complexity index is 1080. The van der Waals surface area contributed by atoms with Crippen LogP contribution in [0.3, 0.4) is 0 Å². The van der Waals surface area contributed by atoms with Crippen molar-refractivity contribution in [3.63, 3.8) is 0 Å². The summed E-state index contributed by atoms with van der Waals surface area (Å²) in [5.74, 6) is -0.189. The third kappa shape index (κ3) is 6.01. The smallest absolute Gasteiger partial charge is 0.253 e. The Hall–Kier alpha value is -3.60. The average Bonchev–Trinajstić information content (AvgIpc) is 3.39. The van der Waals surface area contributed by atoms with E-state index in [4.69, 9.17) is 0 Å². The molecule has 3 aromatic carbocycles. The van der Waals surface area contributed by atoms with Crippen molar-refractivity contribution in [2.24, 2.45) is 0 Å². The molecule has 1 heterocycles. The third-order valence-electron chi connectivity index (χ3n) is 6.10. The molecule has 33 heavy (non-hydrogen) atoms. The van der Waals surface area contributed by atoms with Gasteiger partial charge in [0.05, 0.1) is 11.6 Å². The van der Waals surface area contributed by atoms with Crippen LogP contribution >= 0.6 is 0 Å². The van der Waals surface area contributed by atoms with Crippen LogP contribution in [0.25, 0.3) is 0 Å². The molecule has 1 aliphatic rings. The first kappa shape index (κ1) is 22.6. The van der Waals surface area contributed by atoms with Crippen molar-refractivity contribution in [3.8, 4) is 0 Å². The van der Waals surface area contributed by atoms with Crippen LogP contribution in [0.15, 0.2) is 78.9 Å². The summed E-state index contributed by atoms with van der Waals surface area (Å²) in [7, 11) is 0. The van der Waals surface area contributed by atoms with Crippen LogP contribution < -0.4 is 15.5 Å². The van der Waals surface area contributed by atoms with Crippen LogP contribution in [0.2, 0.25) is 0 Å². The Kier molecular flexibility index (Phi) is 7.40. The van der Waals surface area contributed by atoms with Gasteiger partial charge in [-0.2, -0.15) is 0 Å².